The molecule has 4 nitrogen and oxygen atoms in total. The minimum absolute atomic E-state index is 0.0244. The number of anilines is 1. The number of aliphatic imine (C=N–C) groups is 1. The first-order valence-electron chi connectivity index (χ1n) is 9.83. The Balaban J connectivity index is 1.89. The topological polar surface area (TPSA) is 77.3 Å². The van der Waals surface area contributed by atoms with Crippen LogP contribution in [0.5, 0.6) is 0 Å². The van der Waals surface area contributed by atoms with Gasteiger partial charge < -0.3 is 11.5 Å². The molecule has 0 bridgehead atoms. The smallest absolute Gasteiger partial charge is 0.398 e. The van der Waals surface area contributed by atoms with Crippen LogP contribution in [0.3, 0.4) is 0 Å². The summed E-state index contributed by atoms with van der Waals surface area (Å²) in [6.07, 6.45) is -1.28. The van der Waals surface area contributed by atoms with E-state index in [4.69, 9.17) is 11.5 Å². The molecule has 0 amide bonds. The maximum Gasteiger partial charge on any atom is 0.417 e. The van der Waals surface area contributed by atoms with E-state index in [2.05, 4.69) is 9.98 Å². The summed E-state index contributed by atoms with van der Waals surface area (Å²) in [7, 11) is 0. The zero-order valence-electron chi connectivity index (χ0n) is 16.5. The van der Waals surface area contributed by atoms with Crippen molar-refractivity contribution in [2.45, 2.75) is 31.9 Å². The van der Waals surface area contributed by atoms with Crippen LogP contribution in [0, 0.1) is 5.82 Å². The molecule has 1 aliphatic carbocycles. The summed E-state index contributed by atoms with van der Waals surface area (Å²) in [5.74, 6) is -0.325. The molecule has 4 rings (SSSR count). The standard InChI is InChI=1S/C23H20F4N4/c24-14-9-10-19(28)17(12-14)21(29)31-22-15-6-2-1-5-13(15)11-20(30-22)16-7-3-4-8-18(16)23(25,26)27/h3-4,7-12H,1-2,5-6,28H2,(H2,29,30,31). The SMILES string of the molecule is N/C(=N\c1nc(-c2ccccc2C(F)(F)F)cc2c1CCCC2)c1cc(F)ccc1N. The molecule has 8 heteroatoms. The first kappa shape index (κ1) is 20.8. The first-order valence-corrected chi connectivity index (χ1v) is 9.83. The van der Waals surface area contributed by atoms with Gasteiger partial charge in [0.15, 0.2) is 5.82 Å². The predicted molar refractivity (Wildman–Crippen MR) is 113 cm³/mol. The number of benzene rings is 2. The van der Waals surface area contributed by atoms with E-state index < -0.39 is 17.6 Å². The van der Waals surface area contributed by atoms with Gasteiger partial charge in [0.25, 0.3) is 0 Å². The van der Waals surface area contributed by atoms with Crippen LogP contribution in [0.2, 0.25) is 0 Å². The maximum absolute atomic E-state index is 13.7. The molecular weight excluding hydrogens is 408 g/mol. The van der Waals surface area contributed by atoms with Crippen LogP contribution in [0.25, 0.3) is 11.3 Å². The van der Waals surface area contributed by atoms with E-state index >= 15 is 0 Å². The summed E-state index contributed by atoms with van der Waals surface area (Å²) in [5.41, 5.74) is 13.6. The van der Waals surface area contributed by atoms with Crippen molar-refractivity contribution in [1.29, 1.82) is 0 Å². The Hall–Kier alpha value is -3.42. The molecule has 0 aliphatic heterocycles. The van der Waals surface area contributed by atoms with Gasteiger partial charge in [-0.3, -0.25) is 0 Å². The molecule has 0 unspecified atom stereocenters. The van der Waals surface area contributed by atoms with E-state index in [1.807, 2.05) is 0 Å². The van der Waals surface area contributed by atoms with Gasteiger partial charge in [-0.05, 0) is 61.6 Å². The van der Waals surface area contributed by atoms with E-state index in [0.29, 0.717) is 12.8 Å². The third-order valence-electron chi connectivity index (χ3n) is 5.34. The lowest BCUT2D eigenvalue weighted by Crippen LogP contribution is -2.16. The lowest BCUT2D eigenvalue weighted by molar-refractivity contribution is -0.137. The largest absolute Gasteiger partial charge is 0.417 e. The Kier molecular flexibility index (Phi) is 5.39. The van der Waals surface area contributed by atoms with Crippen LogP contribution in [0.15, 0.2) is 53.5 Å². The quantitative estimate of drug-likeness (QED) is 0.254. The van der Waals surface area contributed by atoms with Crippen LogP contribution < -0.4 is 11.5 Å². The van der Waals surface area contributed by atoms with Crippen molar-refractivity contribution in [2.24, 2.45) is 10.7 Å². The van der Waals surface area contributed by atoms with Crippen LogP contribution in [-0.2, 0) is 19.0 Å². The Morgan fingerprint density at radius 1 is 1.00 bits per heavy atom. The number of nitrogens with two attached hydrogens (primary N) is 2. The van der Waals surface area contributed by atoms with Crippen molar-refractivity contribution in [1.82, 2.24) is 4.98 Å². The maximum atomic E-state index is 13.7. The number of pyridine rings is 1. The fourth-order valence-corrected chi connectivity index (χ4v) is 3.83. The highest BCUT2D eigenvalue weighted by atomic mass is 19.4. The molecule has 160 valence electrons. The number of fused-ring (bicyclic) bond motifs is 1. The molecule has 0 saturated carbocycles. The highest BCUT2D eigenvalue weighted by Crippen LogP contribution is 2.39. The molecule has 3 aromatic rings. The average molecular weight is 428 g/mol. The molecule has 2 aromatic carbocycles. The molecule has 31 heavy (non-hydrogen) atoms. The lowest BCUT2D eigenvalue weighted by Gasteiger charge is -2.20. The number of hydrogen-bond donors (Lipinski definition) is 2. The molecule has 0 radical (unpaired) electrons. The zero-order chi connectivity index (χ0) is 22.2. The van der Waals surface area contributed by atoms with Gasteiger partial charge >= 0.3 is 6.18 Å². The minimum atomic E-state index is -4.52. The van der Waals surface area contributed by atoms with Crippen LogP contribution in [0.4, 0.5) is 29.1 Å². The summed E-state index contributed by atoms with van der Waals surface area (Å²) in [6.45, 7) is 0. The molecular formula is C23H20F4N4. The van der Waals surface area contributed by atoms with Gasteiger partial charge in [0.05, 0.1) is 11.3 Å². The number of aryl methyl sites for hydroxylation is 1. The van der Waals surface area contributed by atoms with Gasteiger partial charge in [-0.1, -0.05) is 18.2 Å². The van der Waals surface area contributed by atoms with Gasteiger partial charge in [0, 0.05) is 22.4 Å². The molecule has 4 N–H and O–H groups in total. The van der Waals surface area contributed by atoms with Crippen LogP contribution in [0.1, 0.15) is 35.1 Å². The minimum Gasteiger partial charge on any atom is -0.398 e. The summed E-state index contributed by atoms with van der Waals surface area (Å²) >= 11 is 0. The summed E-state index contributed by atoms with van der Waals surface area (Å²) in [5, 5.41) is 0. The summed E-state index contributed by atoms with van der Waals surface area (Å²) < 4.78 is 54.4. The monoisotopic (exact) mass is 428 g/mol. The number of halogens is 4. The predicted octanol–water partition coefficient (Wildman–Crippen LogP) is 5.40. The summed E-state index contributed by atoms with van der Waals surface area (Å²) in [6, 6.07) is 10.8. The molecule has 1 aliphatic rings. The van der Waals surface area contributed by atoms with Crippen molar-refractivity contribution in [3.8, 4) is 11.3 Å². The highest BCUT2D eigenvalue weighted by Gasteiger charge is 2.34. The highest BCUT2D eigenvalue weighted by molar-refractivity contribution is 6.03. The van der Waals surface area contributed by atoms with E-state index in [1.54, 1.807) is 6.07 Å². The van der Waals surface area contributed by atoms with Crippen molar-refractivity contribution >= 4 is 17.3 Å². The van der Waals surface area contributed by atoms with E-state index in [9.17, 15) is 17.6 Å². The third-order valence-corrected chi connectivity index (χ3v) is 5.34. The molecule has 1 aromatic heterocycles. The van der Waals surface area contributed by atoms with Crippen molar-refractivity contribution in [3.05, 3.63) is 76.6 Å². The van der Waals surface area contributed by atoms with Crippen molar-refractivity contribution in [3.63, 3.8) is 0 Å². The van der Waals surface area contributed by atoms with Gasteiger partial charge in [0.2, 0.25) is 0 Å². The van der Waals surface area contributed by atoms with Crippen LogP contribution >= 0.6 is 0 Å². The van der Waals surface area contributed by atoms with Crippen molar-refractivity contribution in [2.75, 3.05) is 5.73 Å². The Morgan fingerprint density at radius 2 is 1.74 bits per heavy atom. The van der Waals surface area contributed by atoms with Crippen LogP contribution in [-0.4, -0.2) is 10.8 Å². The number of rotatable bonds is 3. The number of amidine groups is 1. The van der Waals surface area contributed by atoms with Gasteiger partial charge in [-0.25, -0.2) is 14.4 Å². The second kappa shape index (κ2) is 8.02. The fraction of sp³-hybridized carbons (Fsp3) is 0.217. The number of alkyl halides is 3. The Morgan fingerprint density at radius 3 is 2.52 bits per heavy atom. The Bertz CT molecular complexity index is 1170. The molecule has 0 fully saturated rings. The number of nitrogens with zero attached hydrogens (tertiary/aromatic N) is 2. The zero-order valence-corrected chi connectivity index (χ0v) is 16.5. The average Bonchev–Trinajstić information content (AvgIpc) is 2.74. The van der Waals surface area contributed by atoms with Gasteiger partial charge in [-0.15, -0.1) is 0 Å². The second-order valence-corrected chi connectivity index (χ2v) is 7.45. The number of nitrogen functional groups attached to an aromatic ring is 1. The number of hydrogen-bond acceptors (Lipinski definition) is 3. The Labute approximate surface area is 176 Å². The molecule has 0 atom stereocenters. The van der Waals surface area contributed by atoms with Crippen molar-refractivity contribution < 1.29 is 17.6 Å². The lowest BCUT2D eigenvalue weighted by atomic mass is 9.90. The molecule has 0 saturated heterocycles. The normalized spacial score (nSPS) is 14.4. The molecule has 1 heterocycles. The third kappa shape index (κ3) is 4.23. The van der Waals surface area contributed by atoms with E-state index in [-0.39, 0.29) is 34.2 Å². The van der Waals surface area contributed by atoms with Gasteiger partial charge in [-0.2, -0.15) is 13.2 Å². The number of aromatic nitrogens is 1. The summed E-state index contributed by atoms with van der Waals surface area (Å²) in [4.78, 5) is 8.82. The fourth-order valence-electron chi connectivity index (χ4n) is 3.83. The van der Waals surface area contributed by atoms with E-state index in [1.165, 1.54) is 36.4 Å². The molecule has 0 spiro atoms. The van der Waals surface area contributed by atoms with Gasteiger partial charge in [0.1, 0.15) is 11.7 Å². The van der Waals surface area contributed by atoms with E-state index in [0.717, 1.165) is 30.0 Å². The first-order chi connectivity index (χ1) is 14.7. The second-order valence-electron chi connectivity index (χ2n) is 7.45.